The summed E-state index contributed by atoms with van der Waals surface area (Å²) in [5.41, 5.74) is 1.20. The molecule has 0 aromatic heterocycles. The summed E-state index contributed by atoms with van der Waals surface area (Å²) in [5, 5.41) is 13.9. The number of anilines is 2. The number of para-hydroxylation sites is 1. The number of nitrogens with one attached hydrogen (secondary N) is 2. The third kappa shape index (κ3) is 6.54. The van der Waals surface area contributed by atoms with E-state index >= 15 is 0 Å². The van der Waals surface area contributed by atoms with E-state index in [9.17, 15) is 14.4 Å². The SMILES string of the molecule is C/C(=C/C(=O)Nc1ccc(S[C@H](C)C(=O)Nc2ccccc2Br)cc1)C(=O)O. The number of aliphatic carboxylic acids is 1. The summed E-state index contributed by atoms with van der Waals surface area (Å²) >= 11 is 4.79. The van der Waals surface area contributed by atoms with Gasteiger partial charge in [-0.1, -0.05) is 12.1 Å². The molecule has 0 aliphatic rings. The van der Waals surface area contributed by atoms with Crippen LogP contribution in [-0.2, 0) is 14.4 Å². The van der Waals surface area contributed by atoms with E-state index in [-0.39, 0.29) is 16.7 Å². The molecule has 146 valence electrons. The Morgan fingerprint density at radius 1 is 1.07 bits per heavy atom. The Morgan fingerprint density at radius 3 is 2.32 bits per heavy atom. The van der Waals surface area contributed by atoms with Crippen molar-refractivity contribution in [3.63, 3.8) is 0 Å². The molecule has 0 spiro atoms. The monoisotopic (exact) mass is 462 g/mol. The molecule has 0 unspecified atom stereocenters. The molecule has 0 aliphatic heterocycles. The van der Waals surface area contributed by atoms with Gasteiger partial charge < -0.3 is 15.7 Å². The fourth-order valence-corrected chi connectivity index (χ4v) is 3.36. The quantitative estimate of drug-likeness (QED) is 0.414. The van der Waals surface area contributed by atoms with Crippen LogP contribution in [0.3, 0.4) is 0 Å². The van der Waals surface area contributed by atoms with E-state index in [2.05, 4.69) is 26.6 Å². The zero-order valence-corrected chi connectivity index (χ0v) is 17.6. The van der Waals surface area contributed by atoms with Gasteiger partial charge in [-0.05, 0) is 66.2 Å². The number of thioether (sulfide) groups is 1. The first-order valence-electron chi connectivity index (χ1n) is 8.31. The molecule has 2 aromatic rings. The minimum absolute atomic E-state index is 0.0467. The van der Waals surface area contributed by atoms with Crippen LogP contribution in [0.4, 0.5) is 11.4 Å². The van der Waals surface area contributed by atoms with Crippen molar-refractivity contribution in [2.45, 2.75) is 24.0 Å². The standard InChI is InChI=1S/C20H19BrN2O4S/c1-12(20(26)27)11-18(24)22-14-7-9-15(10-8-14)28-13(2)19(25)23-17-6-4-3-5-16(17)21/h3-11,13H,1-2H3,(H,22,24)(H,23,25)(H,26,27)/b12-11-/t13-/m1/s1. The van der Waals surface area contributed by atoms with Gasteiger partial charge in [0.2, 0.25) is 11.8 Å². The number of amides is 2. The van der Waals surface area contributed by atoms with Gasteiger partial charge in [0, 0.05) is 26.7 Å². The predicted octanol–water partition coefficient (Wildman–Crippen LogP) is 4.54. The van der Waals surface area contributed by atoms with Crippen LogP contribution in [0.2, 0.25) is 0 Å². The topological polar surface area (TPSA) is 95.5 Å². The average Bonchev–Trinajstić information content (AvgIpc) is 2.64. The van der Waals surface area contributed by atoms with Crippen molar-refractivity contribution in [3.05, 3.63) is 64.7 Å². The number of rotatable bonds is 7. The Kier molecular flexibility index (Phi) is 7.83. The molecule has 0 radical (unpaired) electrons. The second kappa shape index (κ2) is 10.1. The summed E-state index contributed by atoms with van der Waals surface area (Å²) in [6.07, 6.45) is 1.03. The first kappa shape index (κ1) is 21.7. The van der Waals surface area contributed by atoms with Gasteiger partial charge in [-0.2, -0.15) is 0 Å². The highest BCUT2D eigenvalue weighted by Gasteiger charge is 2.15. The van der Waals surface area contributed by atoms with Gasteiger partial charge in [0.05, 0.1) is 10.9 Å². The Labute approximate surface area is 175 Å². The molecule has 2 amide bonds. The first-order valence-corrected chi connectivity index (χ1v) is 9.98. The summed E-state index contributed by atoms with van der Waals surface area (Å²) in [5.74, 6) is -1.78. The number of carbonyl (C=O) groups excluding carboxylic acids is 2. The number of halogens is 1. The van der Waals surface area contributed by atoms with E-state index in [1.54, 1.807) is 24.3 Å². The van der Waals surface area contributed by atoms with Gasteiger partial charge in [0.1, 0.15) is 0 Å². The Balaban J connectivity index is 1.93. The third-order valence-corrected chi connectivity index (χ3v) is 5.42. The number of carbonyl (C=O) groups is 3. The number of carboxylic acids is 1. The Hall–Kier alpha value is -2.58. The second-order valence-electron chi connectivity index (χ2n) is 5.88. The summed E-state index contributed by atoms with van der Waals surface area (Å²) in [7, 11) is 0. The summed E-state index contributed by atoms with van der Waals surface area (Å²) < 4.78 is 0.813. The molecule has 0 saturated heterocycles. The molecule has 6 nitrogen and oxygen atoms in total. The van der Waals surface area contributed by atoms with Crippen LogP contribution in [0.5, 0.6) is 0 Å². The van der Waals surface area contributed by atoms with Gasteiger partial charge in [0.15, 0.2) is 0 Å². The average molecular weight is 463 g/mol. The minimum Gasteiger partial charge on any atom is -0.478 e. The Morgan fingerprint density at radius 2 is 1.71 bits per heavy atom. The molecule has 0 heterocycles. The highest BCUT2D eigenvalue weighted by atomic mass is 79.9. The maximum atomic E-state index is 12.4. The molecule has 3 N–H and O–H groups in total. The lowest BCUT2D eigenvalue weighted by molar-refractivity contribution is -0.132. The van der Waals surface area contributed by atoms with Gasteiger partial charge in [-0.25, -0.2) is 4.79 Å². The van der Waals surface area contributed by atoms with E-state index in [1.165, 1.54) is 18.7 Å². The molecular weight excluding hydrogens is 444 g/mol. The van der Waals surface area contributed by atoms with Crippen molar-refractivity contribution in [3.8, 4) is 0 Å². The van der Waals surface area contributed by atoms with Crippen LogP contribution in [0.1, 0.15) is 13.8 Å². The first-order chi connectivity index (χ1) is 13.3. The largest absolute Gasteiger partial charge is 0.478 e. The zero-order valence-electron chi connectivity index (χ0n) is 15.2. The zero-order chi connectivity index (χ0) is 20.7. The molecule has 0 bridgehead atoms. The van der Waals surface area contributed by atoms with Crippen LogP contribution < -0.4 is 10.6 Å². The summed E-state index contributed by atoms with van der Waals surface area (Å²) in [6, 6.07) is 14.4. The molecule has 2 rings (SSSR count). The van der Waals surface area contributed by atoms with E-state index in [4.69, 9.17) is 5.11 Å². The highest BCUT2D eigenvalue weighted by Crippen LogP contribution is 2.27. The maximum absolute atomic E-state index is 12.4. The fraction of sp³-hybridized carbons (Fsp3) is 0.150. The molecular formula is C20H19BrN2O4S. The Bertz CT molecular complexity index is 913. The minimum atomic E-state index is -1.14. The van der Waals surface area contributed by atoms with Crippen LogP contribution >= 0.6 is 27.7 Å². The van der Waals surface area contributed by atoms with Crippen molar-refractivity contribution in [1.29, 1.82) is 0 Å². The van der Waals surface area contributed by atoms with E-state index in [0.717, 1.165) is 15.4 Å². The molecule has 2 aromatic carbocycles. The number of benzene rings is 2. The lowest BCUT2D eigenvalue weighted by Gasteiger charge is -2.13. The van der Waals surface area contributed by atoms with Crippen molar-refractivity contribution >= 4 is 56.9 Å². The molecule has 1 atom stereocenters. The van der Waals surface area contributed by atoms with Crippen molar-refractivity contribution < 1.29 is 19.5 Å². The molecule has 0 aliphatic carbocycles. The maximum Gasteiger partial charge on any atom is 0.331 e. The van der Waals surface area contributed by atoms with Crippen molar-refractivity contribution in [1.82, 2.24) is 0 Å². The highest BCUT2D eigenvalue weighted by molar-refractivity contribution is 9.10. The van der Waals surface area contributed by atoms with Gasteiger partial charge >= 0.3 is 5.97 Å². The summed E-state index contributed by atoms with van der Waals surface area (Å²) in [6.45, 7) is 3.16. The van der Waals surface area contributed by atoms with E-state index < -0.39 is 11.9 Å². The second-order valence-corrected chi connectivity index (χ2v) is 8.14. The molecule has 0 fully saturated rings. The van der Waals surface area contributed by atoms with Crippen LogP contribution in [0.15, 0.2) is 69.5 Å². The van der Waals surface area contributed by atoms with Gasteiger partial charge in [-0.3, -0.25) is 9.59 Å². The fourth-order valence-electron chi connectivity index (χ4n) is 2.11. The van der Waals surface area contributed by atoms with E-state index in [0.29, 0.717) is 11.4 Å². The predicted molar refractivity (Wildman–Crippen MR) is 115 cm³/mol. The third-order valence-electron chi connectivity index (χ3n) is 3.62. The normalized spacial score (nSPS) is 12.2. The number of carboxylic acid groups (broad SMARTS) is 1. The molecule has 0 saturated carbocycles. The van der Waals surface area contributed by atoms with Crippen molar-refractivity contribution in [2.75, 3.05) is 10.6 Å². The van der Waals surface area contributed by atoms with E-state index in [1.807, 2.05) is 31.2 Å². The lowest BCUT2D eigenvalue weighted by Crippen LogP contribution is -2.22. The number of hydrogen-bond acceptors (Lipinski definition) is 4. The van der Waals surface area contributed by atoms with Gasteiger partial charge in [0.25, 0.3) is 0 Å². The van der Waals surface area contributed by atoms with Crippen LogP contribution in [0, 0.1) is 0 Å². The summed E-state index contributed by atoms with van der Waals surface area (Å²) in [4.78, 5) is 35.7. The smallest absolute Gasteiger partial charge is 0.331 e. The molecule has 8 heteroatoms. The lowest BCUT2D eigenvalue weighted by atomic mass is 10.2. The van der Waals surface area contributed by atoms with Crippen molar-refractivity contribution in [2.24, 2.45) is 0 Å². The van der Waals surface area contributed by atoms with Gasteiger partial charge in [-0.15, -0.1) is 11.8 Å². The van der Waals surface area contributed by atoms with Crippen LogP contribution in [-0.4, -0.2) is 28.1 Å². The van der Waals surface area contributed by atoms with Crippen LogP contribution in [0.25, 0.3) is 0 Å². The number of hydrogen-bond donors (Lipinski definition) is 3. The molecule has 28 heavy (non-hydrogen) atoms.